The Morgan fingerprint density at radius 2 is 2.00 bits per heavy atom. The molecule has 0 aliphatic heterocycles. The minimum Gasteiger partial charge on any atom is -0.347 e. The first kappa shape index (κ1) is 14.8. The maximum absolute atomic E-state index is 12.1. The highest BCUT2D eigenvalue weighted by molar-refractivity contribution is 7.15. The van der Waals surface area contributed by atoms with Crippen LogP contribution in [0.25, 0.3) is 4.96 Å². The molecule has 0 aliphatic carbocycles. The maximum Gasteiger partial charge on any atom is 0.271 e. The average molecular weight is 313 g/mol. The number of hydrogen-bond donors (Lipinski definition) is 1. The van der Waals surface area contributed by atoms with Crippen molar-refractivity contribution in [3.05, 3.63) is 58.9 Å². The molecule has 0 aliphatic rings. The molecule has 0 unspecified atom stereocenters. The van der Waals surface area contributed by atoms with Crippen LogP contribution in [0.3, 0.4) is 0 Å². The summed E-state index contributed by atoms with van der Waals surface area (Å²) in [5.41, 5.74) is 2.97. The lowest BCUT2D eigenvalue weighted by atomic mass is 9.87. The van der Waals surface area contributed by atoms with E-state index in [4.69, 9.17) is 0 Å². The summed E-state index contributed by atoms with van der Waals surface area (Å²) in [5, 5.41) is 4.86. The molecule has 0 atom stereocenters. The van der Waals surface area contributed by atoms with Crippen LogP contribution < -0.4 is 5.32 Å². The number of rotatable bonds is 3. The van der Waals surface area contributed by atoms with Gasteiger partial charge in [-0.05, 0) is 16.5 Å². The second-order valence-corrected chi connectivity index (χ2v) is 7.22. The Hall–Kier alpha value is -2.14. The zero-order valence-corrected chi connectivity index (χ0v) is 13.8. The summed E-state index contributed by atoms with van der Waals surface area (Å²) in [6, 6.07) is 8.36. The Balaban J connectivity index is 1.64. The monoisotopic (exact) mass is 313 g/mol. The van der Waals surface area contributed by atoms with Gasteiger partial charge in [-0.1, -0.05) is 45.0 Å². The largest absolute Gasteiger partial charge is 0.347 e. The van der Waals surface area contributed by atoms with Crippen molar-refractivity contribution < 1.29 is 4.79 Å². The number of amides is 1. The van der Waals surface area contributed by atoms with Gasteiger partial charge in [0.1, 0.15) is 5.69 Å². The molecular weight excluding hydrogens is 294 g/mol. The van der Waals surface area contributed by atoms with Crippen molar-refractivity contribution in [1.82, 2.24) is 14.7 Å². The standard InChI is InChI=1S/C17H19N3OS/c1-17(2,3)13-6-4-12(5-7-13)10-18-15(21)14-11-20-8-9-22-16(20)19-14/h4-9,11H,10H2,1-3H3,(H,18,21). The number of imidazole rings is 1. The molecule has 1 N–H and O–H groups in total. The van der Waals surface area contributed by atoms with Gasteiger partial charge in [0.2, 0.25) is 0 Å². The molecule has 0 fully saturated rings. The Morgan fingerprint density at radius 3 is 2.64 bits per heavy atom. The quantitative estimate of drug-likeness (QED) is 0.802. The summed E-state index contributed by atoms with van der Waals surface area (Å²) in [6.07, 6.45) is 3.65. The van der Waals surface area contributed by atoms with Crippen molar-refractivity contribution in [1.29, 1.82) is 0 Å². The lowest BCUT2D eigenvalue weighted by Gasteiger charge is -2.19. The molecule has 0 radical (unpaired) electrons. The van der Waals surface area contributed by atoms with E-state index in [9.17, 15) is 4.79 Å². The fraction of sp³-hybridized carbons (Fsp3) is 0.294. The summed E-state index contributed by atoms with van der Waals surface area (Å²) in [6.45, 7) is 7.07. The van der Waals surface area contributed by atoms with E-state index in [-0.39, 0.29) is 11.3 Å². The number of hydrogen-bond acceptors (Lipinski definition) is 3. The molecule has 1 aromatic carbocycles. The highest BCUT2D eigenvalue weighted by Gasteiger charge is 2.14. The number of carbonyl (C=O) groups is 1. The van der Waals surface area contributed by atoms with Crippen molar-refractivity contribution in [2.75, 3.05) is 0 Å². The normalized spacial score (nSPS) is 11.8. The number of aromatic nitrogens is 2. The van der Waals surface area contributed by atoms with Gasteiger partial charge >= 0.3 is 0 Å². The number of fused-ring (bicyclic) bond motifs is 1. The lowest BCUT2D eigenvalue weighted by Crippen LogP contribution is -2.23. The second-order valence-electron chi connectivity index (χ2n) is 6.35. The molecule has 5 heteroatoms. The predicted octanol–water partition coefficient (Wildman–Crippen LogP) is 3.62. The summed E-state index contributed by atoms with van der Waals surface area (Å²) in [7, 11) is 0. The third-order valence-electron chi connectivity index (χ3n) is 3.60. The third kappa shape index (κ3) is 3.04. The molecular formula is C17H19N3OS. The van der Waals surface area contributed by atoms with Crippen molar-refractivity contribution in [2.24, 2.45) is 0 Å². The van der Waals surface area contributed by atoms with Crippen molar-refractivity contribution in [3.8, 4) is 0 Å². The molecule has 0 saturated carbocycles. The molecule has 3 aromatic rings. The van der Waals surface area contributed by atoms with E-state index in [1.165, 1.54) is 16.9 Å². The van der Waals surface area contributed by atoms with Crippen LogP contribution in [0.2, 0.25) is 0 Å². The molecule has 0 spiro atoms. The average Bonchev–Trinajstić information content (AvgIpc) is 3.05. The van der Waals surface area contributed by atoms with Crippen LogP contribution in [0.5, 0.6) is 0 Å². The Morgan fingerprint density at radius 1 is 1.27 bits per heavy atom. The van der Waals surface area contributed by atoms with Crippen LogP contribution in [-0.4, -0.2) is 15.3 Å². The van der Waals surface area contributed by atoms with Gasteiger partial charge in [0.15, 0.2) is 4.96 Å². The fourth-order valence-electron chi connectivity index (χ4n) is 2.23. The van der Waals surface area contributed by atoms with Crippen LogP contribution >= 0.6 is 11.3 Å². The van der Waals surface area contributed by atoms with E-state index in [0.29, 0.717) is 12.2 Å². The maximum atomic E-state index is 12.1. The van der Waals surface area contributed by atoms with Crippen LogP contribution in [0, 0.1) is 0 Å². The van der Waals surface area contributed by atoms with E-state index in [1.807, 2.05) is 16.0 Å². The fourth-order valence-corrected chi connectivity index (χ4v) is 2.93. The third-order valence-corrected chi connectivity index (χ3v) is 4.37. The van der Waals surface area contributed by atoms with E-state index in [2.05, 4.69) is 55.3 Å². The number of nitrogens with zero attached hydrogens (tertiary/aromatic N) is 2. The van der Waals surface area contributed by atoms with Gasteiger partial charge in [-0.3, -0.25) is 9.20 Å². The summed E-state index contributed by atoms with van der Waals surface area (Å²) < 4.78 is 1.86. The molecule has 2 aromatic heterocycles. The minimum absolute atomic E-state index is 0.143. The van der Waals surface area contributed by atoms with E-state index >= 15 is 0 Å². The van der Waals surface area contributed by atoms with Gasteiger partial charge in [-0.25, -0.2) is 4.98 Å². The van der Waals surface area contributed by atoms with Crippen molar-refractivity contribution >= 4 is 22.2 Å². The minimum atomic E-state index is -0.143. The van der Waals surface area contributed by atoms with Crippen LogP contribution in [0.15, 0.2) is 42.0 Å². The molecule has 0 bridgehead atoms. The highest BCUT2D eigenvalue weighted by atomic mass is 32.1. The first-order chi connectivity index (χ1) is 10.4. The van der Waals surface area contributed by atoms with E-state index in [1.54, 1.807) is 6.20 Å². The molecule has 0 saturated heterocycles. The summed E-state index contributed by atoms with van der Waals surface area (Å²) in [5.74, 6) is -0.143. The Bertz CT molecular complexity index is 765. The second kappa shape index (κ2) is 5.57. The van der Waals surface area contributed by atoms with Gasteiger partial charge in [-0.15, -0.1) is 11.3 Å². The Kier molecular flexibility index (Phi) is 3.74. The zero-order chi connectivity index (χ0) is 15.7. The van der Waals surface area contributed by atoms with Crippen LogP contribution in [0.1, 0.15) is 42.4 Å². The molecule has 1 amide bonds. The SMILES string of the molecule is CC(C)(C)c1ccc(CNC(=O)c2cn3ccsc3n2)cc1. The first-order valence-corrected chi connectivity index (χ1v) is 8.11. The lowest BCUT2D eigenvalue weighted by molar-refractivity contribution is 0.0946. The van der Waals surface area contributed by atoms with E-state index in [0.717, 1.165) is 10.5 Å². The number of carbonyl (C=O) groups excluding carboxylic acids is 1. The van der Waals surface area contributed by atoms with Crippen LogP contribution in [0.4, 0.5) is 0 Å². The van der Waals surface area contributed by atoms with Crippen LogP contribution in [-0.2, 0) is 12.0 Å². The number of benzene rings is 1. The van der Waals surface area contributed by atoms with Crippen molar-refractivity contribution in [2.45, 2.75) is 32.7 Å². The highest BCUT2D eigenvalue weighted by Crippen LogP contribution is 2.22. The zero-order valence-electron chi connectivity index (χ0n) is 13.0. The van der Waals surface area contributed by atoms with E-state index < -0.39 is 0 Å². The first-order valence-electron chi connectivity index (χ1n) is 7.23. The number of nitrogens with one attached hydrogen (secondary N) is 1. The van der Waals surface area contributed by atoms with Gasteiger partial charge in [0.05, 0.1) is 0 Å². The van der Waals surface area contributed by atoms with Gasteiger partial charge < -0.3 is 5.32 Å². The van der Waals surface area contributed by atoms with Gasteiger partial charge in [0, 0.05) is 24.3 Å². The molecule has 22 heavy (non-hydrogen) atoms. The summed E-state index contributed by atoms with van der Waals surface area (Å²) >= 11 is 1.52. The predicted molar refractivity (Wildman–Crippen MR) is 89.4 cm³/mol. The molecule has 114 valence electrons. The van der Waals surface area contributed by atoms with Gasteiger partial charge in [0.25, 0.3) is 5.91 Å². The van der Waals surface area contributed by atoms with Crippen molar-refractivity contribution in [3.63, 3.8) is 0 Å². The molecule has 3 rings (SSSR count). The Labute approximate surface area is 133 Å². The molecule has 4 nitrogen and oxygen atoms in total. The topological polar surface area (TPSA) is 46.4 Å². The number of thiazole rings is 1. The van der Waals surface area contributed by atoms with Gasteiger partial charge in [-0.2, -0.15) is 0 Å². The molecule has 2 heterocycles. The smallest absolute Gasteiger partial charge is 0.271 e. The summed E-state index contributed by atoms with van der Waals surface area (Å²) in [4.78, 5) is 17.3.